The van der Waals surface area contributed by atoms with Crippen LogP contribution in [-0.4, -0.2) is 85.3 Å². The molecular weight excluding hydrogens is 392 g/mol. The van der Waals surface area contributed by atoms with Crippen LogP contribution in [0.5, 0.6) is 0 Å². The first-order valence-corrected chi connectivity index (χ1v) is 5.25. The Morgan fingerprint density at radius 2 is 1.12 bits per heavy atom. The van der Waals surface area contributed by atoms with E-state index in [0.717, 1.165) is 0 Å². The van der Waals surface area contributed by atoms with Gasteiger partial charge in [-0.1, -0.05) is 0 Å². The Kier molecular flexibility index (Phi) is 29.5. The maximum atomic E-state index is 8.97. The Labute approximate surface area is 121 Å². The second-order valence-corrected chi connectivity index (χ2v) is 3.44. The van der Waals surface area contributed by atoms with Gasteiger partial charge >= 0.3 is 71.0 Å². The van der Waals surface area contributed by atoms with Gasteiger partial charge in [-0.15, -0.1) is 0 Å². The van der Waals surface area contributed by atoms with Crippen LogP contribution in [0.1, 0.15) is 0 Å². The number of hydrogen-bond donors (Lipinski definition) is 3. The summed E-state index contributed by atoms with van der Waals surface area (Å²) in [5.74, 6) is 0. The van der Waals surface area contributed by atoms with E-state index < -0.39 is 20.1 Å². The van der Waals surface area contributed by atoms with Crippen molar-refractivity contribution in [2.45, 2.75) is 0 Å². The molecule has 0 bridgehead atoms. The molecule has 0 saturated heterocycles. The molecule has 0 saturated carbocycles. The Balaban J connectivity index is -0.0000000267. The van der Waals surface area contributed by atoms with Gasteiger partial charge in [0.25, 0.3) is 0 Å². The molecule has 0 amide bonds. The normalized spacial score (nSPS) is 7.38. The van der Waals surface area contributed by atoms with Crippen LogP contribution in [-0.2, 0) is 3.02 Å². The van der Waals surface area contributed by atoms with Gasteiger partial charge in [-0.25, -0.2) is 0 Å². The predicted octanol–water partition coefficient (Wildman–Crippen LogP) is -4.27. The van der Waals surface area contributed by atoms with Crippen molar-refractivity contribution in [2.75, 3.05) is 0 Å². The molecule has 1 radical (unpaired) electrons. The average molecular weight is 400 g/mol. The fourth-order valence-corrected chi connectivity index (χ4v) is 0. The summed E-state index contributed by atoms with van der Waals surface area (Å²) in [6.45, 7) is 0. The summed E-state index contributed by atoms with van der Waals surface area (Å²) in [4.78, 5) is 0. The molecular formula is H8AlCaLaO4Sb. The summed E-state index contributed by atoms with van der Waals surface area (Å²) in [5, 5.41) is 0. The van der Waals surface area contributed by atoms with Gasteiger partial charge in [-0.3, -0.25) is 0 Å². The van der Waals surface area contributed by atoms with E-state index in [1.54, 1.807) is 0 Å². The molecule has 3 N–H and O–H groups in total. The van der Waals surface area contributed by atoms with Crippen molar-refractivity contribution in [1.82, 2.24) is 0 Å². The first-order valence-electron chi connectivity index (χ1n) is 0.783. The van der Waals surface area contributed by atoms with Crippen LogP contribution in [0.25, 0.3) is 0 Å². The van der Waals surface area contributed by atoms with Crippen molar-refractivity contribution in [3.63, 3.8) is 0 Å². The molecule has 0 aliphatic heterocycles. The van der Waals surface area contributed by atoms with E-state index in [9.17, 15) is 0 Å². The van der Waals surface area contributed by atoms with Gasteiger partial charge in [-0.2, -0.15) is 0 Å². The van der Waals surface area contributed by atoms with Crippen LogP contribution in [0.3, 0.4) is 0 Å². The molecule has 0 aromatic rings. The van der Waals surface area contributed by atoms with Crippen LogP contribution in [0.15, 0.2) is 0 Å². The third-order valence-electron chi connectivity index (χ3n) is 0. The molecule has 8 heavy (non-hydrogen) atoms. The zero-order valence-corrected chi connectivity index (χ0v) is 8.95. The van der Waals surface area contributed by atoms with E-state index in [2.05, 4.69) is 0 Å². The summed E-state index contributed by atoms with van der Waals surface area (Å²) >= 11 is -5.35. The van der Waals surface area contributed by atoms with Crippen LogP contribution in [0, 0.1) is 35.6 Å². The summed E-state index contributed by atoms with van der Waals surface area (Å²) in [6.07, 6.45) is 0. The van der Waals surface area contributed by atoms with Crippen LogP contribution >= 0.6 is 0 Å². The van der Waals surface area contributed by atoms with Crippen molar-refractivity contribution in [3.05, 3.63) is 0 Å². The molecule has 0 aliphatic rings. The standard InChI is InChI=1S/Al.Ca.La.3H2O.O.Sb.5H/h;;;3*1H2;;;;;;;/q;;;;;;;+3;;;;;/p-3. The number of rotatable bonds is 0. The number of hydrogen-bond acceptors (Lipinski definition) is 1. The Morgan fingerprint density at radius 3 is 1.12 bits per heavy atom. The van der Waals surface area contributed by atoms with Gasteiger partial charge < -0.3 is 0 Å². The van der Waals surface area contributed by atoms with Gasteiger partial charge in [-0.05, 0) is 0 Å². The summed E-state index contributed by atoms with van der Waals surface area (Å²) < 4.78 is 30.8. The van der Waals surface area contributed by atoms with Crippen molar-refractivity contribution >= 4 is 75.2 Å². The molecule has 0 fully saturated rings. The molecule has 0 rings (SSSR count). The van der Waals surface area contributed by atoms with Gasteiger partial charge in [0.1, 0.15) is 0 Å². The molecule has 8 heteroatoms. The SMILES string of the molecule is [AlH3].[CaH2].[La].[O]=[Sb]([OH])([OH])[OH]. The average Bonchev–Trinajstić information content (AvgIpc) is 0.722. The second kappa shape index (κ2) is 10.5. The van der Waals surface area contributed by atoms with Crippen LogP contribution in [0.2, 0.25) is 0 Å². The quantitative estimate of drug-likeness (QED) is 0.361. The first kappa shape index (κ1) is 22.5. The van der Waals surface area contributed by atoms with E-state index >= 15 is 0 Å². The van der Waals surface area contributed by atoms with E-state index in [0.29, 0.717) is 0 Å². The fraction of sp³-hybridized carbons (Fsp3) is 0. The molecule has 0 aromatic heterocycles. The zero-order chi connectivity index (χ0) is 4.50. The minimum absolute atomic E-state index is 0. The Bertz CT molecular complexity index is 62.2. The van der Waals surface area contributed by atoms with E-state index in [1.807, 2.05) is 0 Å². The minimum atomic E-state index is -5.35. The van der Waals surface area contributed by atoms with Crippen LogP contribution < -0.4 is 0 Å². The fourth-order valence-electron chi connectivity index (χ4n) is 0. The third kappa shape index (κ3) is 56.2. The summed E-state index contributed by atoms with van der Waals surface area (Å²) in [5.41, 5.74) is 0. The molecule has 0 aliphatic carbocycles. The summed E-state index contributed by atoms with van der Waals surface area (Å²) in [6, 6.07) is 0. The second-order valence-electron chi connectivity index (χ2n) is 0.513. The molecule has 0 aromatic carbocycles. The van der Waals surface area contributed by atoms with Gasteiger partial charge in [0.15, 0.2) is 17.4 Å². The van der Waals surface area contributed by atoms with Gasteiger partial charge in [0.05, 0.1) is 0 Å². The Morgan fingerprint density at radius 1 is 1.12 bits per heavy atom. The topological polar surface area (TPSA) is 77.8 Å². The molecule has 0 heterocycles. The first-order chi connectivity index (χ1) is 2.00. The molecule has 4 nitrogen and oxygen atoms in total. The molecule has 45 valence electrons. The molecule has 0 atom stereocenters. The van der Waals surface area contributed by atoms with Crippen LogP contribution in [0.4, 0.5) is 0 Å². The predicted molar refractivity (Wildman–Crippen MR) is 31.6 cm³/mol. The Hall–Kier alpha value is 3.49. The monoisotopic (exact) mass is 399 g/mol. The zero-order valence-electron chi connectivity index (χ0n) is 2.77. The maximum absolute atomic E-state index is 8.97. The van der Waals surface area contributed by atoms with E-state index in [1.165, 1.54) is 0 Å². The molecule has 0 spiro atoms. The third-order valence-corrected chi connectivity index (χ3v) is 0. The van der Waals surface area contributed by atoms with Crippen molar-refractivity contribution < 1.29 is 48.8 Å². The van der Waals surface area contributed by atoms with E-state index in [-0.39, 0.29) is 90.7 Å². The summed E-state index contributed by atoms with van der Waals surface area (Å²) in [7, 11) is 0. The van der Waals surface area contributed by atoms with Crippen molar-refractivity contribution in [2.24, 2.45) is 0 Å². The van der Waals surface area contributed by atoms with Crippen molar-refractivity contribution in [3.8, 4) is 0 Å². The van der Waals surface area contributed by atoms with E-state index in [4.69, 9.17) is 13.2 Å². The van der Waals surface area contributed by atoms with Crippen molar-refractivity contribution in [1.29, 1.82) is 0 Å². The van der Waals surface area contributed by atoms with Gasteiger partial charge in [0.2, 0.25) is 0 Å². The van der Waals surface area contributed by atoms with Gasteiger partial charge in [0, 0.05) is 35.6 Å². The molecule has 0 unspecified atom stereocenters.